The molecule has 0 bridgehead atoms. The van der Waals surface area contributed by atoms with Crippen molar-refractivity contribution in [3.05, 3.63) is 57.5 Å². The molecule has 1 aromatic heterocycles. The van der Waals surface area contributed by atoms with Crippen molar-refractivity contribution in [3.8, 4) is 5.75 Å². The predicted molar refractivity (Wildman–Crippen MR) is 118 cm³/mol. The van der Waals surface area contributed by atoms with Crippen molar-refractivity contribution in [3.63, 3.8) is 0 Å². The van der Waals surface area contributed by atoms with E-state index in [1.807, 2.05) is 6.92 Å². The average Bonchev–Trinajstić information content (AvgIpc) is 2.94. The molecule has 2 unspecified atom stereocenters. The van der Waals surface area contributed by atoms with E-state index in [0.29, 0.717) is 30.8 Å². The number of hydrogen-bond acceptors (Lipinski definition) is 8. The van der Waals surface area contributed by atoms with E-state index in [2.05, 4.69) is 15.6 Å². The van der Waals surface area contributed by atoms with Crippen LogP contribution >= 0.6 is 0 Å². The molecule has 10 nitrogen and oxygen atoms in total. The summed E-state index contributed by atoms with van der Waals surface area (Å²) in [6, 6.07) is 5.14. The maximum Gasteiger partial charge on any atom is 0.306 e. The minimum absolute atomic E-state index is 0.0138. The number of nitrogens with one attached hydrogen (secondary N) is 2. The lowest BCUT2D eigenvalue weighted by Crippen LogP contribution is -2.37. The Hall–Kier alpha value is -2.83. The molecule has 33 heavy (non-hydrogen) atoms. The van der Waals surface area contributed by atoms with Gasteiger partial charge in [0.05, 0.1) is 24.9 Å². The Labute approximate surface area is 191 Å². The van der Waals surface area contributed by atoms with Gasteiger partial charge in [-0.25, -0.2) is 9.37 Å². The number of carbonyl (C=O) groups is 1. The van der Waals surface area contributed by atoms with Crippen molar-refractivity contribution in [2.24, 2.45) is 0 Å². The Balaban J connectivity index is 2.06. The van der Waals surface area contributed by atoms with Crippen LogP contribution in [0.1, 0.15) is 47.7 Å². The number of methoxy groups -OCH3 is 1. The molecule has 2 atom stereocenters. The zero-order valence-corrected chi connectivity index (χ0v) is 19.4. The number of carbonyl (C=O) groups excluding carboxylic acids is 1. The molecule has 2 N–H and O–H groups in total. The van der Waals surface area contributed by atoms with Gasteiger partial charge in [0.1, 0.15) is 11.6 Å². The number of halogens is 1. The Bertz CT molecular complexity index is 1170. The van der Waals surface area contributed by atoms with Crippen molar-refractivity contribution in [1.29, 1.82) is 0 Å². The first kappa shape index (κ1) is 24.8. The van der Waals surface area contributed by atoms with Crippen LogP contribution in [0.2, 0.25) is 0 Å². The summed E-state index contributed by atoms with van der Waals surface area (Å²) >= 11 is 0. The lowest BCUT2D eigenvalue weighted by molar-refractivity contribution is 0.0808. The molecule has 2 aromatic rings. The summed E-state index contributed by atoms with van der Waals surface area (Å²) in [5.74, 6) is -1.58. The van der Waals surface area contributed by atoms with Crippen LogP contribution in [0.4, 0.5) is 4.39 Å². The summed E-state index contributed by atoms with van der Waals surface area (Å²) in [7, 11) is -2.60. The van der Waals surface area contributed by atoms with Crippen molar-refractivity contribution < 1.29 is 26.5 Å². The highest BCUT2D eigenvalue weighted by Gasteiger charge is 2.31. The smallest absolute Gasteiger partial charge is 0.306 e. The second-order valence-electron chi connectivity index (χ2n) is 7.71. The largest absolute Gasteiger partial charge is 0.380 e. The van der Waals surface area contributed by atoms with E-state index in [1.165, 1.54) is 35.9 Å². The Morgan fingerprint density at radius 3 is 2.58 bits per heavy atom. The first-order valence-corrected chi connectivity index (χ1v) is 12.3. The number of benzene rings is 1. The van der Waals surface area contributed by atoms with E-state index in [9.17, 15) is 22.4 Å². The summed E-state index contributed by atoms with van der Waals surface area (Å²) in [5.41, 5.74) is -0.614. The molecule has 0 saturated heterocycles. The maximum absolute atomic E-state index is 13.3. The highest BCUT2D eigenvalue weighted by molar-refractivity contribution is 7.86. The van der Waals surface area contributed by atoms with E-state index in [-0.39, 0.29) is 25.2 Å². The van der Waals surface area contributed by atoms with Gasteiger partial charge in [-0.2, -0.15) is 8.42 Å². The SMILES string of the molecule is CCNC1CCC(OC)Cn2c1nc(C(=O)NCc1ccc(F)cc1)c(OS(C)(=O)=O)c2=O. The van der Waals surface area contributed by atoms with Crippen LogP contribution in [0.15, 0.2) is 29.1 Å². The molecule has 1 aliphatic heterocycles. The summed E-state index contributed by atoms with van der Waals surface area (Å²) in [4.78, 5) is 30.7. The molecule has 0 radical (unpaired) electrons. The number of amides is 1. The second kappa shape index (κ2) is 10.4. The third-order valence-electron chi connectivity index (χ3n) is 5.23. The van der Waals surface area contributed by atoms with Gasteiger partial charge in [-0.1, -0.05) is 19.1 Å². The van der Waals surface area contributed by atoms with Gasteiger partial charge < -0.3 is 19.6 Å². The van der Waals surface area contributed by atoms with E-state index in [0.717, 1.165) is 6.26 Å². The van der Waals surface area contributed by atoms with Gasteiger partial charge in [0.25, 0.3) is 11.5 Å². The number of hydrogen-bond donors (Lipinski definition) is 2. The molecule has 0 spiro atoms. The fraction of sp³-hybridized carbons (Fsp3) is 0.476. The van der Waals surface area contributed by atoms with E-state index < -0.39 is 38.8 Å². The summed E-state index contributed by atoms with van der Waals surface area (Å²) in [6.07, 6.45) is 1.71. The second-order valence-corrected chi connectivity index (χ2v) is 9.28. The topological polar surface area (TPSA) is 129 Å². The predicted octanol–water partition coefficient (Wildman–Crippen LogP) is 1.11. The average molecular weight is 483 g/mol. The molecule has 2 heterocycles. The molecule has 3 rings (SSSR count). The minimum atomic E-state index is -4.13. The zero-order chi connectivity index (χ0) is 24.2. The molecule has 1 aromatic carbocycles. The normalized spacial score (nSPS) is 18.3. The van der Waals surface area contributed by atoms with Crippen LogP contribution in [0, 0.1) is 5.82 Å². The van der Waals surface area contributed by atoms with Gasteiger partial charge in [-0.05, 0) is 37.1 Å². The Morgan fingerprint density at radius 2 is 1.97 bits per heavy atom. The quantitative estimate of drug-likeness (QED) is 0.536. The Morgan fingerprint density at radius 1 is 1.27 bits per heavy atom. The summed E-state index contributed by atoms with van der Waals surface area (Å²) < 4.78 is 48.5. The van der Waals surface area contributed by atoms with Gasteiger partial charge in [0, 0.05) is 13.7 Å². The highest BCUT2D eigenvalue weighted by Crippen LogP contribution is 2.26. The molecular weight excluding hydrogens is 455 g/mol. The molecule has 0 saturated carbocycles. The van der Waals surface area contributed by atoms with Crippen LogP contribution < -0.4 is 20.4 Å². The molecule has 0 fully saturated rings. The zero-order valence-electron chi connectivity index (χ0n) is 18.6. The lowest BCUT2D eigenvalue weighted by Gasteiger charge is -2.20. The molecule has 12 heteroatoms. The van der Waals surface area contributed by atoms with E-state index in [4.69, 9.17) is 8.92 Å². The lowest BCUT2D eigenvalue weighted by atomic mass is 10.1. The molecule has 1 aliphatic rings. The third-order valence-corrected chi connectivity index (χ3v) is 5.70. The first-order chi connectivity index (χ1) is 15.6. The summed E-state index contributed by atoms with van der Waals surface area (Å²) in [5, 5.41) is 5.83. The standard InChI is InChI=1S/C21H27FN4O6S/c1-4-23-16-10-9-15(31-2)12-26-19(16)25-17(18(21(26)28)32-33(3,29)30)20(27)24-11-13-5-7-14(22)8-6-13/h5-8,15-16,23H,4,9-12H2,1-3H3,(H,24,27). The van der Waals surface area contributed by atoms with Crippen molar-refractivity contribution in [1.82, 2.24) is 20.2 Å². The van der Waals surface area contributed by atoms with Crippen LogP contribution in [-0.4, -0.2) is 49.9 Å². The molecular formula is C21H27FN4O6S. The van der Waals surface area contributed by atoms with Gasteiger partial charge in [0.15, 0.2) is 5.69 Å². The van der Waals surface area contributed by atoms with Crippen LogP contribution in [0.25, 0.3) is 0 Å². The minimum Gasteiger partial charge on any atom is -0.380 e. The van der Waals surface area contributed by atoms with Gasteiger partial charge in [0.2, 0.25) is 5.75 Å². The Kier molecular flexibility index (Phi) is 7.82. The highest BCUT2D eigenvalue weighted by atomic mass is 32.2. The van der Waals surface area contributed by atoms with E-state index in [1.54, 1.807) is 0 Å². The number of fused-ring (bicyclic) bond motifs is 1. The van der Waals surface area contributed by atoms with Crippen LogP contribution in [0.5, 0.6) is 5.75 Å². The number of aromatic nitrogens is 2. The first-order valence-electron chi connectivity index (χ1n) is 10.5. The van der Waals surface area contributed by atoms with Crippen molar-refractivity contribution >= 4 is 16.0 Å². The van der Waals surface area contributed by atoms with Gasteiger partial charge >= 0.3 is 10.1 Å². The van der Waals surface area contributed by atoms with Crippen LogP contribution in [-0.2, 0) is 27.9 Å². The van der Waals surface area contributed by atoms with E-state index >= 15 is 0 Å². The number of nitrogens with zero attached hydrogens (tertiary/aromatic N) is 2. The van der Waals surface area contributed by atoms with Gasteiger partial charge in [-0.3, -0.25) is 14.2 Å². The third kappa shape index (κ3) is 6.15. The maximum atomic E-state index is 13.3. The number of rotatable bonds is 8. The summed E-state index contributed by atoms with van der Waals surface area (Å²) in [6.45, 7) is 2.64. The van der Waals surface area contributed by atoms with Crippen molar-refractivity contribution in [2.45, 2.75) is 45.0 Å². The fourth-order valence-corrected chi connectivity index (χ4v) is 4.11. The number of ether oxygens (including phenoxy) is 1. The molecule has 0 aliphatic carbocycles. The van der Waals surface area contributed by atoms with Crippen LogP contribution in [0.3, 0.4) is 0 Å². The fourth-order valence-electron chi connectivity index (χ4n) is 3.65. The molecule has 1 amide bonds. The monoisotopic (exact) mass is 482 g/mol. The molecule has 180 valence electrons. The van der Waals surface area contributed by atoms with Crippen molar-refractivity contribution in [2.75, 3.05) is 19.9 Å². The van der Waals surface area contributed by atoms with Gasteiger partial charge in [-0.15, -0.1) is 0 Å².